The smallest absolute Gasteiger partial charge is 0.287 e. The Morgan fingerprint density at radius 1 is 1.63 bits per heavy atom. The minimum atomic E-state index is -1.27. The van der Waals surface area contributed by atoms with Gasteiger partial charge in [-0.3, -0.25) is 14.3 Å². The van der Waals surface area contributed by atoms with Crippen molar-refractivity contribution in [3.8, 4) is 0 Å². The molecule has 1 heterocycles. The van der Waals surface area contributed by atoms with Crippen LogP contribution in [0.2, 0.25) is 0 Å². The number of aromatic nitrogens is 3. The molecule has 0 aromatic carbocycles. The molecule has 8 nitrogen and oxygen atoms in total. The van der Waals surface area contributed by atoms with Crippen LogP contribution in [-0.2, 0) is 55.4 Å². The summed E-state index contributed by atoms with van der Waals surface area (Å²) in [5.74, 6) is -1.34. The topological polar surface area (TPSA) is 112 Å². The van der Waals surface area contributed by atoms with E-state index >= 15 is 0 Å². The molecule has 0 aliphatic rings. The first-order valence-corrected chi connectivity index (χ1v) is 5.27. The van der Waals surface area contributed by atoms with Gasteiger partial charge in [0.1, 0.15) is 5.69 Å². The second-order valence-corrected chi connectivity index (χ2v) is 4.09. The van der Waals surface area contributed by atoms with Gasteiger partial charge in [-0.25, -0.2) is 0 Å². The number of nitrogens with zero attached hydrogens (tertiary/aromatic N) is 4. The number of carbonyl (C=O) groups is 2. The Morgan fingerprint density at radius 2 is 2.21 bits per heavy atom. The van der Waals surface area contributed by atoms with Crippen molar-refractivity contribution in [1.29, 1.82) is 0 Å². The van der Waals surface area contributed by atoms with Gasteiger partial charge in [-0.1, -0.05) is 5.21 Å². The van der Waals surface area contributed by atoms with Crippen molar-refractivity contribution in [2.75, 3.05) is 0 Å². The third-order valence-corrected chi connectivity index (χ3v) is 2.54. The molecule has 1 radical (unpaired) electrons. The zero-order chi connectivity index (χ0) is 13.0. The van der Waals surface area contributed by atoms with E-state index in [2.05, 4.69) is 19.7 Å². The zero-order valence-electron chi connectivity index (χ0n) is 10.8. The fraction of sp³-hybridized carbons (Fsp3) is 0.444. The summed E-state index contributed by atoms with van der Waals surface area (Å²) in [4.78, 5) is 21.4. The molecule has 1 amide bonds. The maximum absolute atomic E-state index is 11.0. The number of hydrogen-bond acceptors (Lipinski definition) is 4. The van der Waals surface area contributed by atoms with Gasteiger partial charge in [0.05, 0.1) is 12.7 Å². The van der Waals surface area contributed by atoms with Crippen LogP contribution in [0.25, 0.3) is 5.73 Å². The molecule has 0 aliphatic carbocycles. The van der Waals surface area contributed by atoms with Gasteiger partial charge in [-0.15, -0.1) is 5.10 Å². The number of amides is 1. The molecule has 1 aromatic rings. The molecular weight excluding hydrogens is 346 g/mol. The molecule has 1 rings (SSSR count). The van der Waals surface area contributed by atoms with Gasteiger partial charge in [-0.05, 0) is 15.4 Å². The Hall–Kier alpha value is -0.426. The number of carboxylic acids is 1. The number of aliphatic carboxylic acids is 1. The summed E-state index contributed by atoms with van der Waals surface area (Å²) >= 11 is 0. The van der Waals surface area contributed by atoms with E-state index in [0.717, 1.165) is 0 Å². The van der Waals surface area contributed by atoms with Crippen molar-refractivity contribution >= 4 is 21.3 Å². The van der Waals surface area contributed by atoms with Gasteiger partial charge in [0, 0.05) is 46.2 Å². The van der Waals surface area contributed by atoms with Gasteiger partial charge >= 0.3 is 0 Å². The van der Waals surface area contributed by atoms with Gasteiger partial charge in [0.25, 0.3) is 5.97 Å². The standard InChI is InChI=1S/C8H13N5O3P.CH3.Y/c1-5(14)13(17)3-6-2-12(11-10-6)4-7(9)8(15)16;;/h2,7,9H,3-4,17H2,1H3,(H,15,16);1H3;/q2*-1;. The summed E-state index contributed by atoms with van der Waals surface area (Å²) in [6.45, 7) is 1.62. The Balaban J connectivity index is 0. The molecular formula is C9H16N5O3PY-2. The van der Waals surface area contributed by atoms with E-state index in [4.69, 9.17) is 10.8 Å². The molecule has 1 aromatic heterocycles. The second-order valence-electron chi connectivity index (χ2n) is 3.47. The third-order valence-electron chi connectivity index (χ3n) is 1.99. The Morgan fingerprint density at radius 3 is 2.68 bits per heavy atom. The van der Waals surface area contributed by atoms with Crippen LogP contribution in [0.5, 0.6) is 0 Å². The van der Waals surface area contributed by atoms with Crippen LogP contribution in [0, 0.1) is 7.43 Å². The normalized spacial score (nSPS) is 10.9. The minimum Gasteiger partial charge on any atom is -0.664 e. The van der Waals surface area contributed by atoms with Gasteiger partial charge in [-0.2, -0.15) is 0 Å². The van der Waals surface area contributed by atoms with Crippen LogP contribution in [0.4, 0.5) is 0 Å². The predicted octanol–water partition coefficient (Wildman–Crippen LogP) is 0.370. The van der Waals surface area contributed by atoms with Crippen molar-refractivity contribution in [3.05, 3.63) is 25.1 Å². The van der Waals surface area contributed by atoms with Crippen LogP contribution < -0.4 is 0 Å². The first-order chi connectivity index (χ1) is 7.90. The summed E-state index contributed by atoms with van der Waals surface area (Å²) < 4.78 is 2.66. The number of rotatable bonds is 5. The number of nitrogens with one attached hydrogen (secondary N) is 1. The number of carboxylic acid groups (broad SMARTS) is 1. The molecule has 105 valence electrons. The van der Waals surface area contributed by atoms with E-state index in [0.29, 0.717) is 5.69 Å². The monoisotopic (exact) mass is 362 g/mol. The molecule has 0 aliphatic heterocycles. The van der Waals surface area contributed by atoms with E-state index in [1.165, 1.54) is 22.5 Å². The van der Waals surface area contributed by atoms with Crippen LogP contribution in [-0.4, -0.2) is 42.7 Å². The molecule has 0 spiro atoms. The van der Waals surface area contributed by atoms with Gasteiger partial charge in [0.15, 0.2) is 0 Å². The summed E-state index contributed by atoms with van der Waals surface area (Å²) in [6.07, 6.45) is 1.52. The Labute approximate surface area is 139 Å². The number of hydrogen-bond donors (Lipinski definition) is 1. The van der Waals surface area contributed by atoms with Crippen LogP contribution in [0.1, 0.15) is 12.6 Å². The fourth-order valence-electron chi connectivity index (χ4n) is 1.05. The summed E-state index contributed by atoms with van der Waals surface area (Å²) in [6, 6.07) is -1.27. The van der Waals surface area contributed by atoms with Crippen molar-refractivity contribution < 1.29 is 47.4 Å². The largest absolute Gasteiger partial charge is 0.664 e. The number of carbonyl (C=O) groups excluding carboxylic acids is 1. The van der Waals surface area contributed by atoms with Crippen molar-refractivity contribution in [2.24, 2.45) is 0 Å². The van der Waals surface area contributed by atoms with Crippen molar-refractivity contribution in [1.82, 2.24) is 19.7 Å². The SMILES string of the molecule is CC(=O)N(P)Cc1cn(CC([NH-])C(=O)O)nn1.[CH3-].[Y]. The van der Waals surface area contributed by atoms with E-state index < -0.39 is 12.0 Å². The summed E-state index contributed by atoms with van der Waals surface area (Å²) in [5, 5.41) is 16.0. The Bertz CT molecular complexity index is 391. The predicted molar refractivity (Wildman–Crippen MR) is 68.1 cm³/mol. The summed E-state index contributed by atoms with van der Waals surface area (Å²) in [7, 11) is 2.26. The van der Waals surface area contributed by atoms with E-state index in [9.17, 15) is 9.59 Å². The fourth-order valence-corrected chi connectivity index (χ4v) is 1.24. The minimum absolute atomic E-state index is 0. The molecule has 10 heteroatoms. The molecule has 2 atom stereocenters. The van der Waals surface area contributed by atoms with Crippen molar-refractivity contribution in [3.63, 3.8) is 0 Å². The molecule has 0 saturated heterocycles. The van der Waals surface area contributed by atoms with Crippen molar-refractivity contribution in [2.45, 2.75) is 26.1 Å². The zero-order valence-corrected chi connectivity index (χ0v) is 14.8. The van der Waals surface area contributed by atoms with E-state index in [1.54, 1.807) is 0 Å². The Kier molecular flexibility index (Phi) is 10.4. The average Bonchev–Trinajstić information content (AvgIpc) is 2.65. The van der Waals surface area contributed by atoms with Gasteiger partial charge < -0.3 is 22.9 Å². The third kappa shape index (κ3) is 7.06. The van der Waals surface area contributed by atoms with E-state index in [1.807, 2.05) is 0 Å². The molecule has 2 unspecified atom stereocenters. The molecule has 0 saturated carbocycles. The maximum Gasteiger partial charge on any atom is 0.287 e. The maximum atomic E-state index is 11.0. The first-order valence-electron chi connectivity index (χ1n) is 4.76. The van der Waals surface area contributed by atoms with Crippen LogP contribution in [0.3, 0.4) is 0 Å². The molecule has 0 fully saturated rings. The average molecular weight is 362 g/mol. The first kappa shape index (κ1) is 20.9. The van der Waals surface area contributed by atoms with Crippen LogP contribution in [0.15, 0.2) is 6.20 Å². The summed E-state index contributed by atoms with van der Waals surface area (Å²) in [5.41, 5.74) is 7.76. The van der Waals surface area contributed by atoms with E-state index in [-0.39, 0.29) is 59.1 Å². The van der Waals surface area contributed by atoms with Gasteiger partial charge in [0.2, 0.25) is 5.91 Å². The molecule has 2 N–H and O–H groups in total. The second kappa shape index (κ2) is 9.47. The van der Waals surface area contributed by atoms with Crippen LogP contribution >= 0.6 is 9.39 Å². The molecule has 19 heavy (non-hydrogen) atoms. The molecule has 0 bridgehead atoms. The quantitative estimate of drug-likeness (QED) is 0.601.